The molecule has 10 heteroatoms. The third-order valence-corrected chi connectivity index (χ3v) is 6.34. The minimum Gasteiger partial charge on any atom is -0.340 e. The maximum Gasteiger partial charge on any atom is 0.277 e. The van der Waals surface area contributed by atoms with E-state index in [0.717, 1.165) is 56.3 Å². The minimum atomic E-state index is -0.523. The van der Waals surface area contributed by atoms with Crippen LogP contribution in [0.5, 0.6) is 0 Å². The van der Waals surface area contributed by atoms with Crippen LogP contribution >= 0.6 is 0 Å². The number of piperazine rings is 2. The maximum absolute atomic E-state index is 12.6. The fraction of sp³-hybridized carbons (Fsp3) is 0.640. The van der Waals surface area contributed by atoms with Crippen molar-refractivity contribution < 1.29 is 19.2 Å². The Kier molecular flexibility index (Phi) is 8.15. The molecular formula is C25H38N6O4. The van der Waals surface area contributed by atoms with Gasteiger partial charge in [-0.25, -0.2) is 4.98 Å². The molecule has 10 nitrogen and oxygen atoms in total. The molecule has 3 rings (SSSR count). The molecule has 2 saturated heterocycles. The van der Waals surface area contributed by atoms with Crippen molar-refractivity contribution in [1.82, 2.24) is 29.6 Å². The number of hydrogen-bond acceptors (Lipinski definition) is 6. The van der Waals surface area contributed by atoms with E-state index in [1.165, 1.54) is 6.92 Å². The predicted octanol–water partition coefficient (Wildman–Crippen LogP) is 1.43. The molecule has 0 bridgehead atoms. The molecule has 0 unspecified atom stereocenters. The summed E-state index contributed by atoms with van der Waals surface area (Å²) in [7, 11) is 0. The van der Waals surface area contributed by atoms with Crippen molar-refractivity contribution in [1.29, 1.82) is 0 Å². The summed E-state index contributed by atoms with van der Waals surface area (Å²) >= 11 is 0. The van der Waals surface area contributed by atoms with Crippen molar-refractivity contribution in [2.45, 2.75) is 60.4 Å². The van der Waals surface area contributed by atoms with E-state index >= 15 is 0 Å². The summed E-state index contributed by atoms with van der Waals surface area (Å²) in [6.45, 7) is 15.9. The number of carbonyl (C=O) groups is 4. The lowest BCUT2D eigenvalue weighted by Gasteiger charge is -2.37. The number of amides is 4. The van der Waals surface area contributed by atoms with E-state index in [-0.39, 0.29) is 29.5 Å². The lowest BCUT2D eigenvalue weighted by Crippen LogP contribution is -2.51. The smallest absolute Gasteiger partial charge is 0.277 e. The number of aromatic nitrogens is 2. The van der Waals surface area contributed by atoms with Crippen molar-refractivity contribution >= 4 is 29.7 Å². The Morgan fingerprint density at radius 1 is 1.11 bits per heavy atom. The van der Waals surface area contributed by atoms with E-state index in [4.69, 9.17) is 0 Å². The van der Waals surface area contributed by atoms with Gasteiger partial charge in [0.15, 0.2) is 0 Å². The van der Waals surface area contributed by atoms with Gasteiger partial charge in [-0.2, -0.15) is 0 Å². The summed E-state index contributed by atoms with van der Waals surface area (Å²) in [5.74, 6) is -1.03. The van der Waals surface area contributed by atoms with Crippen LogP contribution in [0.15, 0.2) is 12.0 Å². The zero-order valence-corrected chi connectivity index (χ0v) is 21.8. The number of hydrogen-bond donors (Lipinski definition) is 1. The normalized spacial score (nSPS) is 19.0. The molecule has 2 aliphatic rings. The second-order valence-corrected chi connectivity index (χ2v) is 10.6. The summed E-state index contributed by atoms with van der Waals surface area (Å²) in [6.07, 6.45) is 4.25. The fourth-order valence-electron chi connectivity index (χ4n) is 4.53. The lowest BCUT2D eigenvalue weighted by atomic mass is 9.94. The SMILES string of the molecule is CC(=O)N1CC(=O)N/C(=C\c2ncn(CCCN3CCN(C(=O)C(C)(C)C)CC3)c2C(C)C)C1=O. The van der Waals surface area contributed by atoms with Crippen LogP contribution in [-0.4, -0.2) is 87.1 Å². The topological polar surface area (TPSA) is 108 Å². The van der Waals surface area contributed by atoms with Crippen molar-refractivity contribution in [3.8, 4) is 0 Å². The fourth-order valence-corrected chi connectivity index (χ4v) is 4.53. The molecule has 4 amide bonds. The molecule has 2 fully saturated rings. The Balaban J connectivity index is 1.62. The van der Waals surface area contributed by atoms with Crippen molar-refractivity contribution in [2.75, 3.05) is 39.3 Å². The van der Waals surface area contributed by atoms with E-state index in [9.17, 15) is 19.2 Å². The molecule has 0 spiro atoms. The molecule has 0 aromatic carbocycles. The Morgan fingerprint density at radius 3 is 2.34 bits per heavy atom. The average Bonchev–Trinajstić information content (AvgIpc) is 3.17. The van der Waals surface area contributed by atoms with Crippen LogP contribution in [0, 0.1) is 5.41 Å². The molecular weight excluding hydrogens is 448 g/mol. The van der Waals surface area contributed by atoms with Gasteiger partial charge >= 0.3 is 0 Å². The molecule has 1 aromatic rings. The van der Waals surface area contributed by atoms with Crippen molar-refractivity contribution in [3.05, 3.63) is 23.4 Å². The van der Waals surface area contributed by atoms with Gasteiger partial charge < -0.3 is 14.8 Å². The summed E-state index contributed by atoms with van der Waals surface area (Å²) in [5.41, 5.74) is 1.30. The molecule has 3 heterocycles. The number of rotatable bonds is 6. The van der Waals surface area contributed by atoms with Crippen LogP contribution in [0.4, 0.5) is 0 Å². The lowest BCUT2D eigenvalue weighted by molar-refractivity contribution is -0.147. The molecule has 1 aromatic heterocycles. The highest BCUT2D eigenvalue weighted by atomic mass is 16.2. The number of imidazole rings is 1. The Labute approximate surface area is 207 Å². The number of imide groups is 1. The Hall–Kier alpha value is -3.01. The number of nitrogens with one attached hydrogen (secondary N) is 1. The van der Waals surface area contributed by atoms with Gasteiger partial charge in [-0.15, -0.1) is 0 Å². The largest absolute Gasteiger partial charge is 0.340 e. The van der Waals surface area contributed by atoms with E-state index in [2.05, 4.69) is 33.6 Å². The van der Waals surface area contributed by atoms with Gasteiger partial charge in [0.25, 0.3) is 5.91 Å². The summed E-state index contributed by atoms with van der Waals surface area (Å²) in [6, 6.07) is 0. The molecule has 0 aliphatic carbocycles. The van der Waals surface area contributed by atoms with Crippen LogP contribution in [0.2, 0.25) is 0 Å². The zero-order chi connectivity index (χ0) is 25.9. The zero-order valence-electron chi connectivity index (χ0n) is 21.8. The van der Waals surface area contributed by atoms with Gasteiger partial charge in [-0.05, 0) is 25.0 Å². The Morgan fingerprint density at radius 2 is 1.77 bits per heavy atom. The third kappa shape index (κ3) is 6.36. The number of nitrogens with zero attached hydrogens (tertiary/aromatic N) is 5. The molecule has 2 aliphatic heterocycles. The van der Waals surface area contributed by atoms with E-state index in [0.29, 0.717) is 5.69 Å². The highest BCUT2D eigenvalue weighted by Crippen LogP contribution is 2.23. The number of aryl methyl sites for hydroxylation is 1. The minimum absolute atomic E-state index is 0.0614. The molecule has 192 valence electrons. The van der Waals surface area contributed by atoms with E-state index in [1.54, 1.807) is 12.4 Å². The van der Waals surface area contributed by atoms with Crippen molar-refractivity contribution in [3.63, 3.8) is 0 Å². The third-order valence-electron chi connectivity index (χ3n) is 6.34. The van der Waals surface area contributed by atoms with Crippen LogP contribution in [0.1, 0.15) is 65.3 Å². The van der Waals surface area contributed by atoms with Crippen LogP contribution in [-0.2, 0) is 25.7 Å². The van der Waals surface area contributed by atoms with E-state index < -0.39 is 17.7 Å². The highest BCUT2D eigenvalue weighted by molar-refractivity contribution is 6.12. The first-order valence-corrected chi connectivity index (χ1v) is 12.3. The van der Waals surface area contributed by atoms with Gasteiger partial charge in [0, 0.05) is 50.8 Å². The molecule has 0 atom stereocenters. The standard InChI is InChI=1S/C25H38N6O4/c1-17(2)22-19(14-20-23(34)31(18(3)32)15-21(33)27-20)26-16-30(22)9-7-8-28-10-12-29(13-11-28)24(35)25(4,5)6/h14,16-17H,7-13,15H2,1-6H3,(H,27,33)/b20-14-. The molecule has 0 saturated carbocycles. The predicted molar refractivity (Wildman–Crippen MR) is 132 cm³/mol. The summed E-state index contributed by atoms with van der Waals surface area (Å²) in [5, 5.41) is 2.58. The van der Waals surface area contributed by atoms with Crippen LogP contribution < -0.4 is 5.32 Å². The molecule has 0 radical (unpaired) electrons. The first-order valence-electron chi connectivity index (χ1n) is 12.3. The van der Waals surface area contributed by atoms with Gasteiger partial charge in [-0.3, -0.25) is 29.0 Å². The van der Waals surface area contributed by atoms with Gasteiger partial charge in [0.1, 0.15) is 12.2 Å². The average molecular weight is 487 g/mol. The molecule has 1 N–H and O–H groups in total. The van der Waals surface area contributed by atoms with E-state index in [1.807, 2.05) is 25.7 Å². The second-order valence-electron chi connectivity index (χ2n) is 10.6. The first kappa shape index (κ1) is 26.6. The number of carbonyl (C=O) groups excluding carboxylic acids is 4. The highest BCUT2D eigenvalue weighted by Gasteiger charge is 2.32. The molecule has 35 heavy (non-hydrogen) atoms. The monoisotopic (exact) mass is 486 g/mol. The summed E-state index contributed by atoms with van der Waals surface area (Å²) in [4.78, 5) is 58.6. The second kappa shape index (κ2) is 10.7. The quantitative estimate of drug-likeness (QED) is 0.610. The van der Waals surface area contributed by atoms with Crippen molar-refractivity contribution in [2.24, 2.45) is 5.41 Å². The first-order chi connectivity index (χ1) is 16.4. The summed E-state index contributed by atoms with van der Waals surface area (Å²) < 4.78 is 2.09. The van der Waals surface area contributed by atoms with Crippen LogP contribution in [0.25, 0.3) is 6.08 Å². The van der Waals surface area contributed by atoms with Gasteiger partial charge in [-0.1, -0.05) is 34.6 Å². The maximum atomic E-state index is 12.6. The Bertz CT molecular complexity index is 1010. The van der Waals surface area contributed by atoms with Crippen LogP contribution in [0.3, 0.4) is 0 Å². The van der Waals surface area contributed by atoms with Gasteiger partial charge in [0.2, 0.25) is 17.7 Å². The van der Waals surface area contributed by atoms with Gasteiger partial charge in [0.05, 0.1) is 12.0 Å².